The molecule has 6 nitrogen and oxygen atoms in total. The number of nitrogens with one attached hydrogen (secondary N) is 1. The van der Waals surface area contributed by atoms with Crippen LogP contribution < -0.4 is 15.0 Å². The second kappa shape index (κ2) is 9.66. The number of hydrogen-bond donors (Lipinski definition) is 2. The van der Waals surface area contributed by atoms with Gasteiger partial charge in [-0.1, -0.05) is 18.2 Å². The molecule has 0 bridgehead atoms. The number of para-hydroxylation sites is 2. The molecule has 36 heavy (non-hydrogen) atoms. The zero-order valence-electron chi connectivity index (χ0n) is 20.8. The average molecular weight is 499 g/mol. The zero-order chi connectivity index (χ0) is 25.4. The van der Waals surface area contributed by atoms with Gasteiger partial charge in [0.2, 0.25) is 0 Å². The van der Waals surface area contributed by atoms with E-state index in [0.717, 1.165) is 39.8 Å². The number of ether oxygens (including phenoxy) is 1. The lowest BCUT2D eigenvalue weighted by atomic mass is 9.96. The Balaban J connectivity index is 1.64. The van der Waals surface area contributed by atoms with Gasteiger partial charge in [0.15, 0.2) is 5.11 Å². The molecule has 1 aliphatic heterocycles. The minimum absolute atomic E-state index is 0.103. The number of rotatable bonds is 6. The fourth-order valence-electron chi connectivity index (χ4n) is 5.02. The van der Waals surface area contributed by atoms with Gasteiger partial charge in [-0.3, -0.25) is 4.98 Å². The van der Waals surface area contributed by atoms with Crippen LogP contribution in [0.3, 0.4) is 0 Å². The fourth-order valence-corrected chi connectivity index (χ4v) is 5.36. The number of aromatic nitrogens is 2. The molecule has 5 rings (SSSR count). The smallest absolute Gasteiger partial charge is 0.174 e. The Morgan fingerprint density at radius 2 is 1.72 bits per heavy atom. The summed E-state index contributed by atoms with van der Waals surface area (Å²) in [4.78, 5) is 6.82. The van der Waals surface area contributed by atoms with Crippen LogP contribution in [0.15, 0.2) is 79.0 Å². The van der Waals surface area contributed by atoms with Crippen molar-refractivity contribution in [2.75, 3.05) is 4.90 Å². The van der Waals surface area contributed by atoms with Gasteiger partial charge in [0.25, 0.3) is 0 Å². The molecule has 7 heteroatoms. The number of benzene rings is 2. The van der Waals surface area contributed by atoms with E-state index in [9.17, 15) is 5.11 Å². The van der Waals surface area contributed by atoms with Crippen molar-refractivity contribution in [2.24, 2.45) is 0 Å². The van der Waals surface area contributed by atoms with Gasteiger partial charge in [0.05, 0.1) is 29.6 Å². The molecule has 2 aromatic carbocycles. The second-order valence-electron chi connectivity index (χ2n) is 9.31. The standard InChI is InChI=1S/C29H30N4O2S/c1-18(2)35-22-14-12-21(13-15-22)33-28(27(31-29(33)36)24-9-7-8-16-30-24)23-17-19(3)32(20(23)4)25-10-5-6-11-26(25)34/h5-18,27-28,34H,1-4H3,(H,31,36)/t27-,28-/m0/s1. The number of aromatic hydroxyl groups is 1. The summed E-state index contributed by atoms with van der Waals surface area (Å²) in [6, 6.07) is 23.3. The molecule has 0 aliphatic carbocycles. The first-order chi connectivity index (χ1) is 17.3. The maximum Gasteiger partial charge on any atom is 0.174 e. The van der Waals surface area contributed by atoms with E-state index in [2.05, 4.69) is 39.7 Å². The number of phenols is 1. The monoisotopic (exact) mass is 498 g/mol. The largest absolute Gasteiger partial charge is 0.506 e. The van der Waals surface area contributed by atoms with Crippen LogP contribution in [0.25, 0.3) is 5.69 Å². The van der Waals surface area contributed by atoms with E-state index in [0.29, 0.717) is 5.11 Å². The minimum atomic E-state index is -0.149. The number of hydrogen-bond acceptors (Lipinski definition) is 4. The fraction of sp³-hybridized carbons (Fsp3) is 0.241. The van der Waals surface area contributed by atoms with Crippen molar-refractivity contribution in [2.45, 2.75) is 45.9 Å². The van der Waals surface area contributed by atoms with E-state index in [-0.39, 0.29) is 23.9 Å². The number of nitrogens with zero attached hydrogens (tertiary/aromatic N) is 3. The van der Waals surface area contributed by atoms with Gasteiger partial charge in [-0.2, -0.15) is 0 Å². The third-order valence-corrected chi connectivity index (χ3v) is 6.81. The number of aryl methyl sites for hydroxylation is 1. The molecule has 2 N–H and O–H groups in total. The molecular weight excluding hydrogens is 468 g/mol. The topological polar surface area (TPSA) is 62.5 Å². The quantitative estimate of drug-likeness (QED) is 0.311. The highest BCUT2D eigenvalue weighted by Crippen LogP contribution is 2.44. The van der Waals surface area contributed by atoms with Crippen LogP contribution in [0.5, 0.6) is 11.5 Å². The Hall–Kier alpha value is -3.84. The molecule has 1 aliphatic rings. The van der Waals surface area contributed by atoms with Gasteiger partial charge >= 0.3 is 0 Å². The van der Waals surface area contributed by atoms with E-state index < -0.39 is 0 Å². The molecule has 0 spiro atoms. The summed E-state index contributed by atoms with van der Waals surface area (Å²) in [5.74, 6) is 1.06. The summed E-state index contributed by atoms with van der Waals surface area (Å²) in [6.45, 7) is 8.17. The first-order valence-corrected chi connectivity index (χ1v) is 12.5. The Morgan fingerprint density at radius 1 is 1.00 bits per heavy atom. The summed E-state index contributed by atoms with van der Waals surface area (Å²) in [5.41, 5.74) is 5.82. The Labute approximate surface area is 217 Å². The van der Waals surface area contributed by atoms with E-state index in [4.69, 9.17) is 17.0 Å². The number of anilines is 1. The molecule has 0 amide bonds. The van der Waals surface area contributed by atoms with Crippen molar-refractivity contribution in [3.63, 3.8) is 0 Å². The third-order valence-electron chi connectivity index (χ3n) is 6.50. The van der Waals surface area contributed by atoms with Crippen LogP contribution in [0.4, 0.5) is 5.69 Å². The molecule has 3 heterocycles. The van der Waals surface area contributed by atoms with E-state index >= 15 is 0 Å². The van der Waals surface area contributed by atoms with Gasteiger partial charge in [-0.25, -0.2) is 0 Å². The summed E-state index contributed by atoms with van der Waals surface area (Å²) >= 11 is 5.89. The van der Waals surface area contributed by atoms with Gasteiger partial charge < -0.3 is 24.6 Å². The molecule has 2 atom stereocenters. The normalized spacial score (nSPS) is 17.5. The summed E-state index contributed by atoms with van der Waals surface area (Å²) in [5, 5.41) is 14.8. The summed E-state index contributed by atoms with van der Waals surface area (Å²) < 4.78 is 7.95. The Kier molecular flexibility index (Phi) is 6.41. The van der Waals surface area contributed by atoms with E-state index in [1.165, 1.54) is 0 Å². The highest BCUT2D eigenvalue weighted by atomic mass is 32.1. The van der Waals surface area contributed by atoms with Crippen molar-refractivity contribution < 1.29 is 9.84 Å². The lowest BCUT2D eigenvalue weighted by Gasteiger charge is -2.28. The van der Waals surface area contributed by atoms with Crippen LogP contribution in [0, 0.1) is 13.8 Å². The molecule has 0 unspecified atom stereocenters. The number of pyridine rings is 1. The Morgan fingerprint density at radius 3 is 2.39 bits per heavy atom. The van der Waals surface area contributed by atoms with Gasteiger partial charge in [0, 0.05) is 23.3 Å². The maximum absolute atomic E-state index is 10.6. The molecule has 184 valence electrons. The van der Waals surface area contributed by atoms with Crippen molar-refractivity contribution in [1.82, 2.24) is 14.9 Å². The molecule has 1 saturated heterocycles. The van der Waals surface area contributed by atoms with Gasteiger partial charge in [0.1, 0.15) is 11.5 Å². The highest BCUT2D eigenvalue weighted by Gasteiger charge is 2.42. The van der Waals surface area contributed by atoms with Gasteiger partial charge in [-0.15, -0.1) is 0 Å². The van der Waals surface area contributed by atoms with Crippen molar-refractivity contribution in [3.05, 3.63) is 102 Å². The zero-order valence-corrected chi connectivity index (χ0v) is 21.7. The lowest BCUT2D eigenvalue weighted by Crippen LogP contribution is -2.29. The van der Waals surface area contributed by atoms with Crippen LogP contribution in [-0.4, -0.2) is 25.9 Å². The predicted octanol–water partition coefficient (Wildman–Crippen LogP) is 6.16. The maximum atomic E-state index is 10.6. The SMILES string of the molecule is Cc1cc([C@H]2[C@H](c3ccccn3)NC(=S)N2c2ccc(OC(C)C)cc2)c(C)n1-c1ccccc1O. The third kappa shape index (κ3) is 4.31. The first-order valence-electron chi connectivity index (χ1n) is 12.1. The molecule has 2 aromatic heterocycles. The van der Waals surface area contributed by atoms with E-state index in [1.807, 2.05) is 80.7 Å². The predicted molar refractivity (Wildman–Crippen MR) is 147 cm³/mol. The molecule has 1 fully saturated rings. The summed E-state index contributed by atoms with van der Waals surface area (Å²) in [7, 11) is 0. The molecular formula is C29H30N4O2S. The van der Waals surface area contributed by atoms with Crippen molar-refractivity contribution in [3.8, 4) is 17.2 Å². The Bertz CT molecular complexity index is 1380. The van der Waals surface area contributed by atoms with Crippen LogP contribution in [-0.2, 0) is 0 Å². The van der Waals surface area contributed by atoms with Crippen LogP contribution in [0.2, 0.25) is 0 Å². The number of thiocarbonyl (C=S) groups is 1. The second-order valence-corrected chi connectivity index (χ2v) is 9.69. The minimum Gasteiger partial charge on any atom is -0.506 e. The van der Waals surface area contributed by atoms with Crippen molar-refractivity contribution in [1.29, 1.82) is 0 Å². The average Bonchev–Trinajstić information content (AvgIpc) is 3.35. The van der Waals surface area contributed by atoms with Gasteiger partial charge in [-0.05, 0) is 100 Å². The van der Waals surface area contributed by atoms with Crippen molar-refractivity contribution >= 4 is 23.0 Å². The molecule has 0 saturated carbocycles. The lowest BCUT2D eigenvalue weighted by molar-refractivity contribution is 0.242. The highest BCUT2D eigenvalue weighted by molar-refractivity contribution is 7.80. The first kappa shape index (κ1) is 23.9. The molecule has 4 aromatic rings. The summed E-state index contributed by atoms with van der Waals surface area (Å²) in [6.07, 6.45) is 1.91. The number of phenolic OH excluding ortho intramolecular Hbond substituents is 1. The molecule has 0 radical (unpaired) electrons. The van der Waals surface area contributed by atoms with Crippen LogP contribution in [0.1, 0.15) is 48.6 Å². The van der Waals surface area contributed by atoms with Crippen LogP contribution >= 0.6 is 12.2 Å². The van der Waals surface area contributed by atoms with E-state index in [1.54, 1.807) is 6.07 Å².